The highest BCUT2D eigenvalue weighted by Crippen LogP contribution is 2.22. The standard InChI is InChI=1S/C22H26ClN3O2/c23-20-11-5-4-8-18(20)15-24-21(27)13-12-17-7-6-14-26(16-17)22(28)25-19-9-2-1-3-10-19/h1-5,8-11,17H,6-7,12-16H2,(H,24,27)(H,25,28)/t17-/m1/s1. The number of likely N-dealkylation sites (tertiary alicyclic amines) is 1. The Hall–Kier alpha value is -2.53. The Morgan fingerprint density at radius 3 is 2.61 bits per heavy atom. The maximum absolute atomic E-state index is 12.5. The van der Waals surface area contributed by atoms with Crippen molar-refractivity contribution in [3.05, 3.63) is 65.2 Å². The molecule has 1 atom stereocenters. The molecule has 2 aromatic rings. The SMILES string of the molecule is O=C(CC[C@H]1CCCN(C(=O)Nc2ccccc2)C1)NCc1ccccc1Cl. The van der Waals surface area contributed by atoms with E-state index in [1.165, 1.54) is 0 Å². The molecule has 0 aliphatic carbocycles. The molecular weight excluding hydrogens is 374 g/mol. The average Bonchev–Trinajstić information content (AvgIpc) is 2.72. The molecule has 0 aromatic heterocycles. The molecule has 1 aliphatic heterocycles. The van der Waals surface area contributed by atoms with Crippen molar-refractivity contribution in [2.45, 2.75) is 32.2 Å². The van der Waals surface area contributed by atoms with Gasteiger partial charge in [0.2, 0.25) is 5.91 Å². The fourth-order valence-corrected chi connectivity index (χ4v) is 3.67. The summed E-state index contributed by atoms with van der Waals surface area (Å²) in [6.07, 6.45) is 3.26. The molecule has 0 saturated carbocycles. The highest BCUT2D eigenvalue weighted by atomic mass is 35.5. The minimum atomic E-state index is -0.0703. The van der Waals surface area contributed by atoms with Crippen LogP contribution < -0.4 is 10.6 Å². The number of piperidine rings is 1. The molecule has 2 N–H and O–H groups in total. The number of amides is 3. The summed E-state index contributed by atoms with van der Waals surface area (Å²) >= 11 is 6.12. The summed E-state index contributed by atoms with van der Waals surface area (Å²) in [7, 11) is 0. The molecule has 1 saturated heterocycles. The number of benzene rings is 2. The summed E-state index contributed by atoms with van der Waals surface area (Å²) in [6, 6.07) is 16.9. The van der Waals surface area contributed by atoms with Crippen molar-refractivity contribution < 1.29 is 9.59 Å². The topological polar surface area (TPSA) is 61.4 Å². The molecule has 5 nitrogen and oxygen atoms in total. The minimum Gasteiger partial charge on any atom is -0.352 e. The van der Waals surface area contributed by atoms with Gasteiger partial charge in [0.1, 0.15) is 0 Å². The first-order valence-corrected chi connectivity index (χ1v) is 10.1. The second-order valence-corrected chi connectivity index (χ2v) is 7.56. The van der Waals surface area contributed by atoms with E-state index in [9.17, 15) is 9.59 Å². The first-order valence-electron chi connectivity index (χ1n) is 9.73. The van der Waals surface area contributed by atoms with Crippen molar-refractivity contribution in [2.75, 3.05) is 18.4 Å². The first kappa shape index (κ1) is 20.2. The van der Waals surface area contributed by atoms with E-state index < -0.39 is 0 Å². The van der Waals surface area contributed by atoms with Crippen LogP contribution >= 0.6 is 11.6 Å². The summed E-state index contributed by atoms with van der Waals surface area (Å²) in [5.74, 6) is 0.368. The molecule has 6 heteroatoms. The van der Waals surface area contributed by atoms with Crippen molar-refractivity contribution in [1.29, 1.82) is 0 Å². The Balaban J connectivity index is 1.41. The molecule has 1 aliphatic rings. The minimum absolute atomic E-state index is 0.0192. The number of para-hydroxylation sites is 1. The van der Waals surface area contributed by atoms with Gasteiger partial charge in [-0.05, 0) is 48.9 Å². The van der Waals surface area contributed by atoms with E-state index >= 15 is 0 Å². The Labute approximate surface area is 171 Å². The predicted octanol–water partition coefficient (Wildman–Crippen LogP) is 4.68. The number of halogens is 1. The van der Waals surface area contributed by atoms with Gasteiger partial charge < -0.3 is 15.5 Å². The van der Waals surface area contributed by atoms with Gasteiger partial charge in [-0.1, -0.05) is 48.0 Å². The molecule has 1 heterocycles. The number of hydrogen-bond donors (Lipinski definition) is 2. The fraction of sp³-hybridized carbons (Fsp3) is 0.364. The summed E-state index contributed by atoms with van der Waals surface area (Å²) in [4.78, 5) is 26.5. The van der Waals surface area contributed by atoms with Crippen molar-refractivity contribution >= 4 is 29.2 Å². The molecule has 28 heavy (non-hydrogen) atoms. The third-order valence-electron chi connectivity index (χ3n) is 5.04. The van der Waals surface area contributed by atoms with E-state index in [0.29, 0.717) is 30.5 Å². The Morgan fingerprint density at radius 1 is 1.07 bits per heavy atom. The van der Waals surface area contributed by atoms with Gasteiger partial charge in [0.05, 0.1) is 0 Å². The third kappa shape index (κ3) is 5.99. The predicted molar refractivity (Wildman–Crippen MR) is 112 cm³/mol. The number of nitrogens with one attached hydrogen (secondary N) is 2. The van der Waals surface area contributed by atoms with Crippen molar-refractivity contribution in [3.63, 3.8) is 0 Å². The van der Waals surface area contributed by atoms with Crippen molar-refractivity contribution in [2.24, 2.45) is 5.92 Å². The van der Waals surface area contributed by atoms with Gasteiger partial charge in [0.25, 0.3) is 0 Å². The van der Waals surface area contributed by atoms with Crippen molar-refractivity contribution in [3.8, 4) is 0 Å². The Bertz CT molecular complexity index is 797. The summed E-state index contributed by atoms with van der Waals surface area (Å²) < 4.78 is 0. The molecule has 1 fully saturated rings. The molecule has 3 amide bonds. The van der Waals surface area contributed by atoms with E-state index in [4.69, 9.17) is 11.6 Å². The lowest BCUT2D eigenvalue weighted by Crippen LogP contribution is -2.42. The van der Waals surface area contributed by atoms with Gasteiger partial charge >= 0.3 is 6.03 Å². The van der Waals surface area contributed by atoms with Crippen LogP contribution in [0.5, 0.6) is 0 Å². The second-order valence-electron chi connectivity index (χ2n) is 7.16. The average molecular weight is 400 g/mol. The van der Waals surface area contributed by atoms with Gasteiger partial charge in [0.15, 0.2) is 0 Å². The van der Waals surface area contributed by atoms with Gasteiger partial charge in [-0.15, -0.1) is 0 Å². The first-order chi connectivity index (χ1) is 13.6. The Morgan fingerprint density at radius 2 is 1.82 bits per heavy atom. The number of carbonyl (C=O) groups excluding carboxylic acids is 2. The lowest BCUT2D eigenvalue weighted by Gasteiger charge is -2.32. The van der Waals surface area contributed by atoms with Crippen molar-refractivity contribution in [1.82, 2.24) is 10.2 Å². The quantitative estimate of drug-likeness (QED) is 0.740. The molecule has 2 aromatic carbocycles. The van der Waals surface area contributed by atoms with Crippen LogP contribution in [-0.2, 0) is 11.3 Å². The van der Waals surface area contributed by atoms with Crippen LogP contribution in [0.25, 0.3) is 0 Å². The summed E-state index contributed by atoms with van der Waals surface area (Å²) in [5.41, 5.74) is 1.72. The number of rotatable bonds is 6. The van der Waals surface area contributed by atoms with E-state index in [-0.39, 0.29) is 11.9 Å². The van der Waals surface area contributed by atoms with E-state index in [1.807, 2.05) is 59.5 Å². The molecule has 0 radical (unpaired) electrons. The number of hydrogen-bond acceptors (Lipinski definition) is 2. The Kier molecular flexibility index (Phi) is 7.31. The molecule has 0 spiro atoms. The van der Waals surface area contributed by atoms with Crippen LogP contribution in [0, 0.1) is 5.92 Å². The highest BCUT2D eigenvalue weighted by Gasteiger charge is 2.24. The second kappa shape index (κ2) is 10.1. The van der Waals surface area contributed by atoms with Crippen LogP contribution in [-0.4, -0.2) is 29.9 Å². The smallest absolute Gasteiger partial charge is 0.321 e. The van der Waals surface area contributed by atoms with Gasteiger partial charge in [-0.25, -0.2) is 4.79 Å². The molecular formula is C22H26ClN3O2. The number of carbonyl (C=O) groups is 2. The third-order valence-corrected chi connectivity index (χ3v) is 5.41. The van der Waals surface area contributed by atoms with Crippen LogP contribution in [0.15, 0.2) is 54.6 Å². The van der Waals surface area contributed by atoms with Gasteiger partial charge in [-0.3, -0.25) is 4.79 Å². The normalized spacial score (nSPS) is 16.5. The number of anilines is 1. The van der Waals surface area contributed by atoms with E-state index in [2.05, 4.69) is 10.6 Å². The highest BCUT2D eigenvalue weighted by molar-refractivity contribution is 6.31. The zero-order valence-electron chi connectivity index (χ0n) is 15.9. The molecule has 0 bridgehead atoms. The fourth-order valence-electron chi connectivity index (χ4n) is 3.47. The summed E-state index contributed by atoms with van der Waals surface area (Å²) in [5, 5.41) is 6.53. The van der Waals surface area contributed by atoms with Gasteiger partial charge in [0, 0.05) is 36.8 Å². The van der Waals surface area contributed by atoms with Crippen LogP contribution in [0.2, 0.25) is 5.02 Å². The van der Waals surface area contributed by atoms with Crippen LogP contribution in [0.1, 0.15) is 31.2 Å². The molecule has 0 unspecified atom stereocenters. The maximum Gasteiger partial charge on any atom is 0.321 e. The van der Waals surface area contributed by atoms with E-state index in [0.717, 1.165) is 37.1 Å². The van der Waals surface area contributed by atoms with Crippen LogP contribution in [0.3, 0.4) is 0 Å². The molecule has 148 valence electrons. The zero-order valence-corrected chi connectivity index (χ0v) is 16.6. The lowest BCUT2D eigenvalue weighted by molar-refractivity contribution is -0.121. The summed E-state index contributed by atoms with van der Waals surface area (Å²) in [6.45, 7) is 1.89. The largest absolute Gasteiger partial charge is 0.352 e. The van der Waals surface area contributed by atoms with Crippen LogP contribution in [0.4, 0.5) is 10.5 Å². The van der Waals surface area contributed by atoms with E-state index in [1.54, 1.807) is 0 Å². The number of urea groups is 1. The maximum atomic E-state index is 12.5. The zero-order chi connectivity index (χ0) is 19.8. The lowest BCUT2D eigenvalue weighted by atomic mass is 9.93. The van der Waals surface area contributed by atoms with Gasteiger partial charge in [-0.2, -0.15) is 0 Å². The number of nitrogens with zero attached hydrogens (tertiary/aromatic N) is 1. The molecule has 3 rings (SSSR count). The monoisotopic (exact) mass is 399 g/mol.